The van der Waals surface area contributed by atoms with Crippen molar-refractivity contribution < 1.29 is 9.84 Å². The fourth-order valence-electron chi connectivity index (χ4n) is 1.42. The third-order valence-electron chi connectivity index (χ3n) is 2.10. The van der Waals surface area contributed by atoms with Crippen LogP contribution < -0.4 is 0 Å². The highest BCUT2D eigenvalue weighted by Crippen LogP contribution is 2.20. The molecule has 60 valence electrons. The number of hydrogen-bond acceptors (Lipinski definition) is 2. The van der Waals surface area contributed by atoms with Crippen LogP contribution in [0.5, 0.6) is 0 Å². The molecule has 2 heteroatoms. The summed E-state index contributed by atoms with van der Waals surface area (Å²) < 4.78 is 5.53. The van der Waals surface area contributed by atoms with Gasteiger partial charge in [-0.25, -0.2) is 0 Å². The van der Waals surface area contributed by atoms with Gasteiger partial charge in [0.1, 0.15) is 0 Å². The maximum absolute atomic E-state index is 8.78. The molecule has 1 rings (SSSR count). The standard InChI is InChI=1S/C8H16O2/c1-2-7-4-3-5-8(6-9)10-7/h7-9H,2-6H2,1H3/t7-,8+/m1/s1. The zero-order valence-corrected chi connectivity index (χ0v) is 6.55. The van der Waals surface area contributed by atoms with E-state index in [9.17, 15) is 0 Å². The minimum atomic E-state index is 0.124. The van der Waals surface area contributed by atoms with Crippen LogP contribution in [0.1, 0.15) is 32.6 Å². The Bertz CT molecular complexity index is 83.3. The van der Waals surface area contributed by atoms with E-state index in [4.69, 9.17) is 9.84 Å². The number of hydrogen-bond donors (Lipinski definition) is 1. The third-order valence-corrected chi connectivity index (χ3v) is 2.10. The number of ether oxygens (including phenoxy) is 1. The van der Waals surface area contributed by atoms with Crippen molar-refractivity contribution in [2.24, 2.45) is 0 Å². The molecule has 0 aliphatic carbocycles. The van der Waals surface area contributed by atoms with Gasteiger partial charge in [0.15, 0.2) is 0 Å². The van der Waals surface area contributed by atoms with Crippen molar-refractivity contribution >= 4 is 0 Å². The quantitative estimate of drug-likeness (QED) is 0.633. The molecule has 0 saturated carbocycles. The van der Waals surface area contributed by atoms with E-state index in [1.54, 1.807) is 0 Å². The van der Waals surface area contributed by atoms with Gasteiger partial charge in [-0.15, -0.1) is 0 Å². The zero-order chi connectivity index (χ0) is 7.40. The Morgan fingerprint density at radius 3 is 2.70 bits per heavy atom. The van der Waals surface area contributed by atoms with Crippen molar-refractivity contribution in [2.75, 3.05) is 6.61 Å². The summed E-state index contributed by atoms with van der Waals surface area (Å²) in [6.07, 6.45) is 5.03. The molecule has 0 aromatic carbocycles. The first-order chi connectivity index (χ1) is 4.86. The van der Waals surface area contributed by atoms with Crippen molar-refractivity contribution in [3.05, 3.63) is 0 Å². The van der Waals surface area contributed by atoms with E-state index >= 15 is 0 Å². The van der Waals surface area contributed by atoms with Crippen molar-refractivity contribution in [1.82, 2.24) is 0 Å². The van der Waals surface area contributed by atoms with Crippen LogP contribution in [-0.2, 0) is 4.74 Å². The number of aliphatic hydroxyl groups excluding tert-OH is 1. The maximum Gasteiger partial charge on any atom is 0.0809 e. The molecule has 1 saturated heterocycles. The van der Waals surface area contributed by atoms with Gasteiger partial charge in [0.25, 0.3) is 0 Å². The Kier molecular flexibility index (Phi) is 3.16. The van der Waals surface area contributed by atoms with Gasteiger partial charge in [-0.05, 0) is 25.7 Å². The second kappa shape index (κ2) is 3.94. The first-order valence-electron chi connectivity index (χ1n) is 4.13. The predicted molar refractivity (Wildman–Crippen MR) is 39.9 cm³/mol. The Morgan fingerprint density at radius 2 is 2.10 bits per heavy atom. The summed E-state index contributed by atoms with van der Waals surface area (Å²) in [5.41, 5.74) is 0. The minimum absolute atomic E-state index is 0.124. The Balaban J connectivity index is 2.25. The van der Waals surface area contributed by atoms with Crippen LogP contribution in [0.3, 0.4) is 0 Å². The molecule has 1 aliphatic rings. The predicted octanol–water partition coefficient (Wildman–Crippen LogP) is 1.33. The first-order valence-corrected chi connectivity index (χ1v) is 4.13. The Labute approximate surface area is 62.2 Å². The molecule has 0 aromatic rings. The van der Waals surface area contributed by atoms with Crippen LogP contribution in [0.2, 0.25) is 0 Å². The highest BCUT2D eigenvalue weighted by Gasteiger charge is 2.19. The summed E-state index contributed by atoms with van der Waals surface area (Å²) in [4.78, 5) is 0. The highest BCUT2D eigenvalue weighted by atomic mass is 16.5. The van der Waals surface area contributed by atoms with Crippen LogP contribution in [0.15, 0.2) is 0 Å². The number of aliphatic hydroxyl groups is 1. The smallest absolute Gasteiger partial charge is 0.0809 e. The molecule has 0 radical (unpaired) electrons. The summed E-state index contributed by atoms with van der Waals surface area (Å²) >= 11 is 0. The summed E-state index contributed by atoms with van der Waals surface area (Å²) in [5.74, 6) is 0. The molecule has 2 atom stereocenters. The lowest BCUT2D eigenvalue weighted by atomic mass is 10.0. The van der Waals surface area contributed by atoms with Gasteiger partial charge in [0.2, 0.25) is 0 Å². The summed E-state index contributed by atoms with van der Waals surface area (Å²) in [7, 11) is 0. The van der Waals surface area contributed by atoms with E-state index in [2.05, 4.69) is 6.92 Å². The Morgan fingerprint density at radius 1 is 1.40 bits per heavy atom. The molecule has 0 unspecified atom stereocenters. The van der Waals surface area contributed by atoms with E-state index in [0.717, 1.165) is 12.8 Å². The highest BCUT2D eigenvalue weighted by molar-refractivity contribution is 4.68. The Hall–Kier alpha value is -0.0800. The lowest BCUT2D eigenvalue weighted by Gasteiger charge is -2.27. The fraction of sp³-hybridized carbons (Fsp3) is 1.00. The van der Waals surface area contributed by atoms with Crippen LogP contribution in [0, 0.1) is 0 Å². The van der Waals surface area contributed by atoms with Gasteiger partial charge in [-0.3, -0.25) is 0 Å². The molecule has 0 aromatic heterocycles. The monoisotopic (exact) mass is 144 g/mol. The van der Waals surface area contributed by atoms with Crippen LogP contribution in [0.4, 0.5) is 0 Å². The summed E-state index contributed by atoms with van der Waals surface area (Å²) in [5, 5.41) is 8.78. The van der Waals surface area contributed by atoms with E-state index in [-0.39, 0.29) is 12.7 Å². The van der Waals surface area contributed by atoms with Gasteiger partial charge in [-0.2, -0.15) is 0 Å². The van der Waals surface area contributed by atoms with Gasteiger partial charge >= 0.3 is 0 Å². The topological polar surface area (TPSA) is 29.5 Å². The third kappa shape index (κ3) is 1.96. The molecule has 1 aliphatic heterocycles. The van der Waals surface area contributed by atoms with Crippen molar-refractivity contribution in [2.45, 2.75) is 44.8 Å². The second-order valence-corrected chi connectivity index (χ2v) is 2.90. The molecule has 1 fully saturated rings. The fourth-order valence-corrected chi connectivity index (χ4v) is 1.42. The molecule has 0 spiro atoms. The largest absolute Gasteiger partial charge is 0.394 e. The van der Waals surface area contributed by atoms with Gasteiger partial charge < -0.3 is 9.84 Å². The summed E-state index contributed by atoms with van der Waals surface area (Å²) in [6.45, 7) is 2.32. The van der Waals surface area contributed by atoms with E-state index in [1.165, 1.54) is 12.8 Å². The van der Waals surface area contributed by atoms with Crippen LogP contribution in [-0.4, -0.2) is 23.9 Å². The van der Waals surface area contributed by atoms with Crippen molar-refractivity contribution in [3.8, 4) is 0 Å². The minimum Gasteiger partial charge on any atom is -0.394 e. The molecule has 1 heterocycles. The second-order valence-electron chi connectivity index (χ2n) is 2.90. The first kappa shape index (κ1) is 8.02. The van der Waals surface area contributed by atoms with E-state index in [1.807, 2.05) is 0 Å². The molecule has 2 nitrogen and oxygen atoms in total. The van der Waals surface area contributed by atoms with E-state index in [0.29, 0.717) is 6.10 Å². The van der Waals surface area contributed by atoms with Gasteiger partial charge in [0, 0.05) is 0 Å². The lowest BCUT2D eigenvalue weighted by molar-refractivity contribution is -0.0725. The SMILES string of the molecule is CC[C@@H]1CCC[C@@H](CO)O1. The zero-order valence-electron chi connectivity index (χ0n) is 6.55. The molecule has 0 amide bonds. The van der Waals surface area contributed by atoms with Crippen LogP contribution in [0.25, 0.3) is 0 Å². The van der Waals surface area contributed by atoms with Crippen molar-refractivity contribution in [3.63, 3.8) is 0 Å². The van der Waals surface area contributed by atoms with Gasteiger partial charge in [0.05, 0.1) is 18.8 Å². The average Bonchev–Trinajstić information content (AvgIpc) is 2.05. The maximum atomic E-state index is 8.78. The normalized spacial score (nSPS) is 34.2. The summed E-state index contributed by atoms with van der Waals surface area (Å²) in [6, 6.07) is 0. The van der Waals surface area contributed by atoms with E-state index < -0.39 is 0 Å². The lowest BCUT2D eigenvalue weighted by Crippen LogP contribution is -2.29. The number of rotatable bonds is 2. The molecule has 1 N–H and O–H groups in total. The molecular weight excluding hydrogens is 128 g/mol. The average molecular weight is 144 g/mol. The van der Waals surface area contributed by atoms with Gasteiger partial charge in [-0.1, -0.05) is 6.92 Å². The molecule has 10 heavy (non-hydrogen) atoms. The molecule has 0 bridgehead atoms. The van der Waals surface area contributed by atoms with Crippen molar-refractivity contribution in [1.29, 1.82) is 0 Å². The molecular formula is C8H16O2. The van der Waals surface area contributed by atoms with Crippen LogP contribution >= 0.6 is 0 Å².